The molecule has 0 spiro atoms. The van der Waals surface area contributed by atoms with E-state index < -0.39 is 51.1 Å². The molecule has 0 amide bonds. The summed E-state index contributed by atoms with van der Waals surface area (Å²) in [6.45, 7) is 1.69. The van der Waals surface area contributed by atoms with Crippen LogP contribution in [0.15, 0.2) is 10.2 Å². The van der Waals surface area contributed by atoms with E-state index >= 15 is 0 Å². The molecule has 9 nitrogen and oxygen atoms in total. The van der Waals surface area contributed by atoms with E-state index in [-0.39, 0.29) is 12.8 Å². The zero-order valence-corrected chi connectivity index (χ0v) is 11.3. The van der Waals surface area contributed by atoms with Gasteiger partial charge in [-0.25, -0.2) is 8.42 Å². The molecule has 0 saturated heterocycles. The zero-order valence-electron chi connectivity index (χ0n) is 10.4. The Morgan fingerprint density at radius 3 is 2.50 bits per heavy atom. The molecule has 1 saturated carbocycles. The van der Waals surface area contributed by atoms with Crippen LogP contribution in [-0.4, -0.2) is 47.5 Å². The quantitative estimate of drug-likeness (QED) is 0.371. The number of Topliss-reactive ketones (excluding diaryl/α,β-unsaturated/α-hetero) is 2. The van der Waals surface area contributed by atoms with Crippen LogP contribution in [0.1, 0.15) is 26.2 Å². The minimum atomic E-state index is -4.92. The normalized spacial score (nSPS) is 27.7. The van der Waals surface area contributed by atoms with Crippen molar-refractivity contribution in [1.29, 1.82) is 0 Å². The van der Waals surface area contributed by atoms with Crippen molar-refractivity contribution < 1.29 is 32.1 Å². The van der Waals surface area contributed by atoms with Crippen molar-refractivity contribution in [2.24, 2.45) is 10.2 Å². The number of hydrogen-bond donors (Lipinski definition) is 0. The van der Waals surface area contributed by atoms with E-state index in [1.54, 1.807) is 6.92 Å². The number of hydrogen-bond acceptors (Lipinski definition) is 9. The lowest BCUT2D eigenvalue weighted by Crippen LogP contribution is -2.34. The topological polar surface area (TPSA) is 142 Å². The zero-order chi connectivity index (χ0) is 15.1. The Morgan fingerprint density at radius 2 is 2.05 bits per heavy atom. The lowest BCUT2D eigenvalue weighted by atomic mass is 10.1. The molecule has 2 atom stereocenters. The van der Waals surface area contributed by atoms with Crippen molar-refractivity contribution in [3.63, 3.8) is 0 Å². The largest absolute Gasteiger partial charge is 0.747 e. The average molecular weight is 303 g/mol. The number of carbonyl (C=O) groups excluding carboxylic acids is 3. The number of ketones is 2. The molecular formula is C10H11N2O7S-. The molecule has 10 heteroatoms. The summed E-state index contributed by atoms with van der Waals surface area (Å²) in [5, 5.41) is 5.39. The summed E-state index contributed by atoms with van der Waals surface area (Å²) >= 11 is 0. The molecule has 0 bridgehead atoms. The fraction of sp³-hybridized carbons (Fsp3) is 0.700. The molecule has 0 aromatic rings. The predicted octanol–water partition coefficient (Wildman–Crippen LogP) is -0.684. The van der Waals surface area contributed by atoms with Crippen LogP contribution in [0.25, 0.3) is 0 Å². The Hall–Kier alpha value is -1.68. The second-order valence-corrected chi connectivity index (χ2v) is 6.40. The summed E-state index contributed by atoms with van der Waals surface area (Å²) < 4.78 is 37.0. The van der Waals surface area contributed by atoms with Crippen LogP contribution in [0.3, 0.4) is 0 Å². The van der Waals surface area contributed by atoms with E-state index in [2.05, 4.69) is 15.0 Å². The van der Waals surface area contributed by atoms with Crippen LogP contribution in [-0.2, 0) is 29.2 Å². The van der Waals surface area contributed by atoms with Gasteiger partial charge in [0, 0.05) is 19.3 Å². The number of rotatable bonds is 5. The first kappa shape index (κ1) is 14.7. The van der Waals surface area contributed by atoms with Gasteiger partial charge in [0.1, 0.15) is 15.4 Å². The molecule has 1 heterocycles. The Bertz CT molecular complexity index is 603. The molecule has 0 N–H and O–H groups in total. The summed E-state index contributed by atoms with van der Waals surface area (Å²) in [4.78, 5) is 34.5. The maximum Gasteiger partial charge on any atom is 0.307 e. The van der Waals surface area contributed by atoms with E-state index in [1.807, 2.05) is 0 Å². The van der Waals surface area contributed by atoms with Crippen molar-refractivity contribution in [3.8, 4) is 0 Å². The van der Waals surface area contributed by atoms with Crippen molar-refractivity contribution >= 4 is 27.7 Å². The highest BCUT2D eigenvalue weighted by atomic mass is 32.2. The fourth-order valence-corrected chi connectivity index (χ4v) is 2.58. The van der Waals surface area contributed by atoms with Crippen molar-refractivity contribution in [2.75, 3.05) is 0 Å². The van der Waals surface area contributed by atoms with Gasteiger partial charge in [-0.1, -0.05) is 0 Å². The van der Waals surface area contributed by atoms with Crippen molar-refractivity contribution in [2.45, 2.75) is 43.2 Å². The second kappa shape index (κ2) is 4.70. The molecule has 1 aliphatic carbocycles. The lowest BCUT2D eigenvalue weighted by molar-refractivity contribution is -0.157. The highest BCUT2D eigenvalue weighted by Gasteiger charge is 2.47. The smallest absolute Gasteiger partial charge is 0.307 e. The van der Waals surface area contributed by atoms with Gasteiger partial charge >= 0.3 is 5.97 Å². The van der Waals surface area contributed by atoms with E-state index in [0.717, 1.165) is 0 Å². The molecule has 1 aliphatic heterocycles. The van der Waals surface area contributed by atoms with Gasteiger partial charge < -0.3 is 9.29 Å². The first-order valence-electron chi connectivity index (χ1n) is 5.77. The third-order valence-corrected chi connectivity index (χ3v) is 4.19. The van der Waals surface area contributed by atoms with Gasteiger partial charge in [0.25, 0.3) is 0 Å². The van der Waals surface area contributed by atoms with Gasteiger partial charge in [-0.2, -0.15) is 10.2 Å². The Balaban J connectivity index is 1.93. The van der Waals surface area contributed by atoms with Crippen LogP contribution < -0.4 is 0 Å². The summed E-state index contributed by atoms with van der Waals surface area (Å²) in [6.07, 6.45) is -2.39. The Labute approximate surface area is 114 Å². The van der Waals surface area contributed by atoms with E-state index in [1.165, 1.54) is 0 Å². The maximum absolute atomic E-state index is 11.6. The van der Waals surface area contributed by atoms with Gasteiger partial charge in [-0.05, 0) is 6.92 Å². The molecule has 2 aliphatic rings. The number of ether oxygens (including phenoxy) is 1. The fourth-order valence-electron chi connectivity index (χ4n) is 1.80. The number of carbonyl (C=O) groups is 3. The van der Waals surface area contributed by atoms with Gasteiger partial charge in [0.05, 0.1) is 0 Å². The molecule has 0 radical (unpaired) electrons. The van der Waals surface area contributed by atoms with E-state index in [4.69, 9.17) is 0 Å². The molecule has 110 valence electrons. The van der Waals surface area contributed by atoms with Crippen LogP contribution in [0, 0.1) is 0 Å². The first-order chi connectivity index (χ1) is 9.12. The predicted molar refractivity (Wildman–Crippen MR) is 60.5 cm³/mol. The highest BCUT2D eigenvalue weighted by Crippen LogP contribution is 2.32. The molecule has 2 rings (SSSR count). The molecular weight excluding hydrogens is 292 g/mol. The molecule has 1 fully saturated rings. The van der Waals surface area contributed by atoms with Gasteiger partial charge in [0.15, 0.2) is 17.2 Å². The summed E-state index contributed by atoms with van der Waals surface area (Å²) in [5.74, 6) is -2.88. The van der Waals surface area contributed by atoms with Crippen LogP contribution in [0.2, 0.25) is 0 Å². The minimum Gasteiger partial charge on any atom is -0.747 e. The number of nitrogens with zero attached hydrogens (tertiary/aromatic N) is 2. The highest BCUT2D eigenvalue weighted by molar-refractivity contribution is 7.87. The van der Waals surface area contributed by atoms with Crippen LogP contribution >= 0.6 is 0 Å². The SMILES string of the molecule is CC1(CCC(=O)OC2C(=O)CC(S(=O)(=O)[O-])C2=O)N=N1. The standard InChI is InChI=1S/C10H12N2O7S/c1-10(11-12-10)3-2-7(14)19-9-5(13)4-6(8(9)15)20(16,17)18/h6,9H,2-4H2,1H3,(H,16,17,18)/p-1. The van der Waals surface area contributed by atoms with Crippen LogP contribution in [0.5, 0.6) is 0 Å². The second-order valence-electron chi connectivity index (χ2n) is 4.84. The summed E-state index contributed by atoms with van der Waals surface area (Å²) in [5.41, 5.74) is -0.621. The van der Waals surface area contributed by atoms with Gasteiger partial charge in [-0.3, -0.25) is 14.4 Å². The van der Waals surface area contributed by atoms with E-state index in [0.29, 0.717) is 0 Å². The molecule has 20 heavy (non-hydrogen) atoms. The minimum absolute atomic E-state index is 0.116. The first-order valence-corrected chi connectivity index (χ1v) is 7.24. The Kier molecular flexibility index (Phi) is 3.46. The lowest BCUT2D eigenvalue weighted by Gasteiger charge is -2.13. The third kappa shape index (κ3) is 3.07. The average Bonchev–Trinajstić information content (AvgIpc) is 2.99. The van der Waals surface area contributed by atoms with E-state index in [9.17, 15) is 27.4 Å². The summed E-state index contributed by atoms with van der Waals surface area (Å²) in [7, 11) is -4.92. The molecule has 2 unspecified atom stereocenters. The third-order valence-electron chi connectivity index (χ3n) is 3.10. The summed E-state index contributed by atoms with van der Waals surface area (Å²) in [6, 6.07) is 0. The molecule has 0 aromatic carbocycles. The molecule has 0 aromatic heterocycles. The number of esters is 1. The monoisotopic (exact) mass is 303 g/mol. The maximum atomic E-state index is 11.6. The van der Waals surface area contributed by atoms with Gasteiger partial charge in [0.2, 0.25) is 6.10 Å². The van der Waals surface area contributed by atoms with Gasteiger partial charge in [-0.15, -0.1) is 0 Å². The van der Waals surface area contributed by atoms with Crippen molar-refractivity contribution in [1.82, 2.24) is 0 Å². The Morgan fingerprint density at radius 1 is 1.45 bits per heavy atom. The van der Waals surface area contributed by atoms with Crippen molar-refractivity contribution in [3.05, 3.63) is 0 Å². The van der Waals surface area contributed by atoms with Crippen LogP contribution in [0.4, 0.5) is 0 Å².